The van der Waals surface area contributed by atoms with Gasteiger partial charge in [0.25, 0.3) is 0 Å². The van der Waals surface area contributed by atoms with Crippen LogP contribution in [0.15, 0.2) is 0 Å². The third-order valence-electron chi connectivity index (χ3n) is 2.26. The Labute approximate surface area is 93.7 Å². The standard InChI is InChI=1S/C8H9F3N4S/c1-4-5-6(14(2)13-4)15(7(16)12-5)3-8(9,10)11/h3H2,1-2H3,(H,12,16). The molecule has 16 heavy (non-hydrogen) atoms. The first kappa shape index (κ1) is 11.2. The van der Waals surface area contributed by atoms with E-state index in [9.17, 15) is 13.2 Å². The zero-order chi connectivity index (χ0) is 12.1. The fraction of sp³-hybridized carbons (Fsp3) is 0.500. The molecule has 0 fully saturated rings. The number of aryl methyl sites for hydroxylation is 2. The van der Waals surface area contributed by atoms with Crippen molar-refractivity contribution in [3.8, 4) is 0 Å². The lowest BCUT2D eigenvalue weighted by molar-refractivity contribution is -0.140. The molecule has 0 amide bonds. The fourth-order valence-corrected chi connectivity index (χ4v) is 1.95. The van der Waals surface area contributed by atoms with E-state index in [0.29, 0.717) is 16.9 Å². The average Bonchev–Trinajstić information content (AvgIpc) is 2.53. The van der Waals surface area contributed by atoms with Gasteiger partial charge in [-0.2, -0.15) is 18.3 Å². The highest BCUT2D eigenvalue weighted by molar-refractivity contribution is 7.71. The van der Waals surface area contributed by atoms with Gasteiger partial charge in [0.1, 0.15) is 12.1 Å². The van der Waals surface area contributed by atoms with Crippen LogP contribution in [0.25, 0.3) is 11.2 Å². The maximum absolute atomic E-state index is 12.4. The molecule has 0 bridgehead atoms. The summed E-state index contributed by atoms with van der Waals surface area (Å²) in [5.74, 6) is 0. The summed E-state index contributed by atoms with van der Waals surface area (Å²) in [6.07, 6.45) is -4.30. The van der Waals surface area contributed by atoms with Gasteiger partial charge in [0, 0.05) is 7.05 Å². The second-order valence-electron chi connectivity index (χ2n) is 3.54. The van der Waals surface area contributed by atoms with Crippen LogP contribution in [0, 0.1) is 11.7 Å². The summed E-state index contributed by atoms with van der Waals surface area (Å²) in [5.41, 5.74) is 1.54. The normalized spacial score (nSPS) is 12.6. The van der Waals surface area contributed by atoms with Crippen LogP contribution in [0.5, 0.6) is 0 Å². The van der Waals surface area contributed by atoms with Crippen molar-refractivity contribution in [1.82, 2.24) is 19.3 Å². The van der Waals surface area contributed by atoms with Crippen LogP contribution in [0.3, 0.4) is 0 Å². The van der Waals surface area contributed by atoms with Gasteiger partial charge in [0.2, 0.25) is 0 Å². The highest BCUT2D eigenvalue weighted by Gasteiger charge is 2.30. The van der Waals surface area contributed by atoms with E-state index in [-0.39, 0.29) is 4.77 Å². The summed E-state index contributed by atoms with van der Waals surface area (Å²) in [6.45, 7) is 0.607. The lowest BCUT2D eigenvalue weighted by atomic mass is 10.4. The monoisotopic (exact) mass is 250 g/mol. The lowest BCUT2D eigenvalue weighted by Gasteiger charge is -2.08. The van der Waals surface area contributed by atoms with Crippen LogP contribution >= 0.6 is 12.2 Å². The van der Waals surface area contributed by atoms with Crippen molar-refractivity contribution in [3.05, 3.63) is 10.5 Å². The molecule has 0 saturated heterocycles. The number of imidazole rings is 1. The number of aromatic amines is 1. The fourth-order valence-electron chi connectivity index (χ4n) is 1.70. The van der Waals surface area contributed by atoms with Crippen LogP contribution in [-0.4, -0.2) is 25.5 Å². The van der Waals surface area contributed by atoms with E-state index in [2.05, 4.69) is 10.1 Å². The molecular weight excluding hydrogens is 241 g/mol. The average molecular weight is 250 g/mol. The first-order chi connectivity index (χ1) is 7.29. The van der Waals surface area contributed by atoms with E-state index >= 15 is 0 Å². The predicted molar refractivity (Wildman–Crippen MR) is 54.7 cm³/mol. The molecule has 0 aliphatic rings. The number of hydrogen-bond acceptors (Lipinski definition) is 2. The molecule has 4 nitrogen and oxygen atoms in total. The third kappa shape index (κ3) is 1.73. The molecular formula is C8H9F3N4S. The molecule has 0 saturated carbocycles. The summed E-state index contributed by atoms with van der Waals surface area (Å²) in [4.78, 5) is 2.73. The number of nitrogens with one attached hydrogen (secondary N) is 1. The first-order valence-electron chi connectivity index (χ1n) is 4.48. The number of aromatic nitrogens is 4. The van der Waals surface area contributed by atoms with Gasteiger partial charge >= 0.3 is 6.18 Å². The number of alkyl halides is 3. The van der Waals surface area contributed by atoms with Crippen molar-refractivity contribution in [2.75, 3.05) is 0 Å². The molecule has 2 rings (SSSR count). The highest BCUT2D eigenvalue weighted by atomic mass is 32.1. The maximum Gasteiger partial charge on any atom is 0.406 e. The van der Waals surface area contributed by atoms with Gasteiger partial charge in [-0.3, -0.25) is 9.25 Å². The maximum atomic E-state index is 12.4. The van der Waals surface area contributed by atoms with Gasteiger partial charge in [-0.25, -0.2) is 0 Å². The Hall–Kier alpha value is -1.31. The molecule has 0 radical (unpaired) electrons. The number of rotatable bonds is 1. The number of H-pyrrole nitrogens is 1. The molecule has 1 N–H and O–H groups in total. The molecule has 0 spiro atoms. The van der Waals surface area contributed by atoms with Gasteiger partial charge in [-0.1, -0.05) is 0 Å². The smallest absolute Gasteiger partial charge is 0.328 e. The van der Waals surface area contributed by atoms with Crippen molar-refractivity contribution in [2.24, 2.45) is 7.05 Å². The summed E-state index contributed by atoms with van der Waals surface area (Å²) < 4.78 is 39.5. The summed E-state index contributed by atoms with van der Waals surface area (Å²) in [5, 5.41) is 4.03. The van der Waals surface area contributed by atoms with E-state index in [4.69, 9.17) is 12.2 Å². The van der Waals surface area contributed by atoms with Crippen molar-refractivity contribution < 1.29 is 13.2 Å². The quantitative estimate of drug-likeness (QED) is 0.789. The van der Waals surface area contributed by atoms with Gasteiger partial charge in [-0.05, 0) is 19.1 Å². The minimum absolute atomic E-state index is 0.0587. The van der Waals surface area contributed by atoms with E-state index in [1.807, 2.05) is 0 Å². The zero-order valence-corrected chi connectivity index (χ0v) is 9.41. The van der Waals surface area contributed by atoms with Crippen LogP contribution in [0.4, 0.5) is 13.2 Å². The Bertz CT molecular complexity index is 589. The van der Waals surface area contributed by atoms with E-state index in [1.54, 1.807) is 14.0 Å². The van der Waals surface area contributed by atoms with Crippen LogP contribution in [-0.2, 0) is 13.6 Å². The molecule has 0 aliphatic heterocycles. The summed E-state index contributed by atoms with van der Waals surface area (Å²) >= 11 is 4.86. The third-order valence-corrected chi connectivity index (χ3v) is 2.58. The zero-order valence-electron chi connectivity index (χ0n) is 8.59. The predicted octanol–water partition coefficient (Wildman–Crippen LogP) is 2.30. The second kappa shape index (κ2) is 3.34. The Morgan fingerprint density at radius 3 is 2.62 bits per heavy atom. The molecule has 2 aromatic heterocycles. The van der Waals surface area contributed by atoms with E-state index in [1.165, 1.54) is 4.68 Å². The van der Waals surface area contributed by atoms with E-state index < -0.39 is 12.7 Å². The summed E-state index contributed by atoms with van der Waals surface area (Å²) in [7, 11) is 1.59. The second-order valence-corrected chi connectivity index (χ2v) is 3.93. The van der Waals surface area contributed by atoms with Gasteiger partial charge < -0.3 is 4.98 Å². The minimum Gasteiger partial charge on any atom is -0.328 e. The largest absolute Gasteiger partial charge is 0.406 e. The Morgan fingerprint density at radius 1 is 1.44 bits per heavy atom. The minimum atomic E-state index is -4.30. The Kier molecular flexibility index (Phi) is 2.33. The molecule has 0 atom stereocenters. The van der Waals surface area contributed by atoms with Crippen molar-refractivity contribution in [1.29, 1.82) is 0 Å². The number of nitrogens with zero attached hydrogens (tertiary/aromatic N) is 3. The topological polar surface area (TPSA) is 38.5 Å². The molecule has 88 valence electrons. The Morgan fingerprint density at radius 2 is 2.06 bits per heavy atom. The molecule has 0 aliphatic carbocycles. The van der Waals surface area contributed by atoms with E-state index in [0.717, 1.165) is 4.57 Å². The Balaban J connectivity index is 2.69. The first-order valence-corrected chi connectivity index (χ1v) is 4.89. The van der Waals surface area contributed by atoms with Gasteiger partial charge in [-0.15, -0.1) is 0 Å². The molecule has 2 heterocycles. The SMILES string of the molecule is Cc1nn(C)c2c1[nH]c(=S)n2CC(F)(F)F. The van der Waals surface area contributed by atoms with Crippen molar-refractivity contribution in [2.45, 2.75) is 19.6 Å². The lowest BCUT2D eigenvalue weighted by Crippen LogP contribution is -2.18. The molecule has 0 unspecified atom stereocenters. The van der Waals surface area contributed by atoms with Crippen molar-refractivity contribution in [3.63, 3.8) is 0 Å². The van der Waals surface area contributed by atoms with Gasteiger partial charge in [0.05, 0.1) is 5.69 Å². The number of halogens is 3. The van der Waals surface area contributed by atoms with Crippen LogP contribution < -0.4 is 0 Å². The van der Waals surface area contributed by atoms with Crippen molar-refractivity contribution >= 4 is 23.4 Å². The van der Waals surface area contributed by atoms with Gasteiger partial charge in [0.15, 0.2) is 10.4 Å². The molecule has 0 aromatic carbocycles. The number of fused-ring (bicyclic) bond motifs is 1. The molecule has 2 aromatic rings. The highest BCUT2D eigenvalue weighted by Crippen LogP contribution is 2.23. The van der Waals surface area contributed by atoms with Crippen LogP contribution in [0.2, 0.25) is 0 Å². The molecule has 8 heteroatoms. The van der Waals surface area contributed by atoms with Crippen LogP contribution in [0.1, 0.15) is 5.69 Å². The summed E-state index contributed by atoms with van der Waals surface area (Å²) in [6, 6.07) is 0. The number of hydrogen-bond donors (Lipinski definition) is 1.